The lowest BCUT2D eigenvalue weighted by atomic mass is 10.1. The van der Waals surface area contributed by atoms with Crippen molar-refractivity contribution in [3.05, 3.63) is 56.6 Å². The van der Waals surface area contributed by atoms with E-state index in [1.165, 1.54) is 19.8 Å². The van der Waals surface area contributed by atoms with Gasteiger partial charge in [-0.15, -0.1) is 22.7 Å². The predicted molar refractivity (Wildman–Crippen MR) is 91.3 cm³/mol. The third-order valence-corrected chi connectivity index (χ3v) is 5.84. The van der Waals surface area contributed by atoms with Crippen molar-refractivity contribution in [2.75, 3.05) is 6.54 Å². The second-order valence-corrected chi connectivity index (χ2v) is 7.18. The zero-order valence-corrected chi connectivity index (χ0v) is 13.6. The number of thiophene rings is 2. The van der Waals surface area contributed by atoms with Crippen molar-refractivity contribution >= 4 is 44.4 Å². The standard InChI is InChI=1S/C16H16ClNS2/c1-2-8-18-15(16-12(17)7-9-19-16)14-10-11-5-3-4-6-13(11)20-14/h3-7,9-10,15,18H,2,8H2,1H3. The minimum Gasteiger partial charge on any atom is -0.305 e. The number of halogens is 1. The topological polar surface area (TPSA) is 12.0 Å². The summed E-state index contributed by atoms with van der Waals surface area (Å²) in [4.78, 5) is 2.55. The van der Waals surface area contributed by atoms with Gasteiger partial charge in [-0.05, 0) is 41.9 Å². The van der Waals surface area contributed by atoms with Gasteiger partial charge in [-0.3, -0.25) is 0 Å². The van der Waals surface area contributed by atoms with E-state index < -0.39 is 0 Å². The molecule has 0 saturated carbocycles. The Labute approximate surface area is 132 Å². The fourth-order valence-electron chi connectivity index (χ4n) is 2.27. The summed E-state index contributed by atoms with van der Waals surface area (Å²) in [6.07, 6.45) is 1.12. The average Bonchev–Trinajstić information content (AvgIpc) is 3.06. The molecule has 4 heteroatoms. The molecule has 104 valence electrons. The molecule has 1 unspecified atom stereocenters. The molecule has 3 aromatic rings. The highest BCUT2D eigenvalue weighted by molar-refractivity contribution is 7.19. The summed E-state index contributed by atoms with van der Waals surface area (Å²) in [5.41, 5.74) is 0. The van der Waals surface area contributed by atoms with Crippen LogP contribution in [-0.2, 0) is 0 Å². The van der Waals surface area contributed by atoms with Crippen LogP contribution in [0.1, 0.15) is 29.1 Å². The molecule has 1 atom stereocenters. The van der Waals surface area contributed by atoms with Gasteiger partial charge in [0.25, 0.3) is 0 Å². The molecule has 1 aromatic carbocycles. The molecule has 2 heterocycles. The second kappa shape index (κ2) is 6.27. The number of rotatable bonds is 5. The van der Waals surface area contributed by atoms with Gasteiger partial charge in [-0.2, -0.15) is 0 Å². The summed E-state index contributed by atoms with van der Waals surface area (Å²) in [6.45, 7) is 3.18. The highest BCUT2D eigenvalue weighted by Crippen LogP contribution is 2.38. The van der Waals surface area contributed by atoms with E-state index in [1.807, 2.05) is 17.4 Å². The van der Waals surface area contributed by atoms with E-state index in [1.54, 1.807) is 11.3 Å². The normalized spacial score (nSPS) is 12.9. The Kier molecular flexibility index (Phi) is 4.41. The number of hydrogen-bond acceptors (Lipinski definition) is 3. The van der Waals surface area contributed by atoms with Crippen LogP contribution in [0.4, 0.5) is 0 Å². The minimum atomic E-state index is 0.208. The molecule has 0 fully saturated rings. The number of fused-ring (bicyclic) bond motifs is 1. The van der Waals surface area contributed by atoms with Crippen LogP contribution in [0, 0.1) is 0 Å². The molecule has 0 aliphatic rings. The Bertz CT molecular complexity index is 668. The molecule has 1 N–H and O–H groups in total. The lowest BCUT2D eigenvalue weighted by Gasteiger charge is -2.16. The Morgan fingerprint density at radius 2 is 2.10 bits per heavy atom. The van der Waals surface area contributed by atoms with E-state index in [-0.39, 0.29) is 6.04 Å². The van der Waals surface area contributed by atoms with Crippen molar-refractivity contribution in [2.45, 2.75) is 19.4 Å². The molecule has 20 heavy (non-hydrogen) atoms. The van der Waals surface area contributed by atoms with Crippen LogP contribution in [0.25, 0.3) is 10.1 Å². The highest BCUT2D eigenvalue weighted by atomic mass is 35.5. The van der Waals surface area contributed by atoms with Gasteiger partial charge >= 0.3 is 0 Å². The van der Waals surface area contributed by atoms with Gasteiger partial charge in [0.2, 0.25) is 0 Å². The van der Waals surface area contributed by atoms with Gasteiger partial charge in [0.1, 0.15) is 0 Å². The summed E-state index contributed by atoms with van der Waals surface area (Å²) in [7, 11) is 0. The zero-order chi connectivity index (χ0) is 13.9. The predicted octanol–water partition coefficient (Wildman–Crippen LogP) is 5.71. The molecule has 0 spiro atoms. The van der Waals surface area contributed by atoms with E-state index in [4.69, 9.17) is 11.6 Å². The van der Waals surface area contributed by atoms with Crippen LogP contribution in [0.15, 0.2) is 41.8 Å². The SMILES string of the molecule is CCCNC(c1cc2ccccc2s1)c1sccc1Cl. The van der Waals surface area contributed by atoms with Gasteiger partial charge in [0, 0.05) is 14.5 Å². The molecule has 2 aromatic heterocycles. The van der Waals surface area contributed by atoms with Gasteiger partial charge in [0.05, 0.1) is 11.1 Å². The van der Waals surface area contributed by atoms with Crippen LogP contribution in [-0.4, -0.2) is 6.54 Å². The fourth-order valence-corrected chi connectivity index (χ4v) is 4.75. The number of nitrogens with one attached hydrogen (secondary N) is 1. The Balaban J connectivity index is 2.02. The average molecular weight is 322 g/mol. The van der Waals surface area contributed by atoms with E-state index in [9.17, 15) is 0 Å². The van der Waals surface area contributed by atoms with Gasteiger partial charge in [0.15, 0.2) is 0 Å². The summed E-state index contributed by atoms with van der Waals surface area (Å²) < 4.78 is 1.33. The van der Waals surface area contributed by atoms with E-state index >= 15 is 0 Å². The van der Waals surface area contributed by atoms with Crippen molar-refractivity contribution in [1.82, 2.24) is 5.32 Å². The monoisotopic (exact) mass is 321 g/mol. The summed E-state index contributed by atoms with van der Waals surface area (Å²) in [5, 5.41) is 7.86. The van der Waals surface area contributed by atoms with Crippen LogP contribution in [0.2, 0.25) is 5.02 Å². The largest absolute Gasteiger partial charge is 0.305 e. The molecule has 3 rings (SSSR count). The van der Waals surface area contributed by atoms with Gasteiger partial charge in [-0.1, -0.05) is 36.7 Å². The van der Waals surface area contributed by atoms with Crippen molar-refractivity contribution in [2.24, 2.45) is 0 Å². The molecule has 0 amide bonds. The first kappa shape index (κ1) is 14.1. The fraction of sp³-hybridized carbons (Fsp3) is 0.250. The first-order valence-corrected chi connectivity index (χ1v) is 8.81. The summed E-state index contributed by atoms with van der Waals surface area (Å²) in [5.74, 6) is 0. The third kappa shape index (κ3) is 2.77. The molecular formula is C16H16ClNS2. The van der Waals surface area contributed by atoms with Crippen LogP contribution in [0.5, 0.6) is 0 Å². The van der Waals surface area contributed by atoms with E-state index in [0.717, 1.165) is 18.0 Å². The quantitative estimate of drug-likeness (QED) is 0.635. The first-order valence-electron chi connectivity index (χ1n) is 6.74. The molecule has 0 aliphatic carbocycles. The molecule has 0 saturated heterocycles. The Hall–Kier alpha value is -0.870. The number of hydrogen-bond donors (Lipinski definition) is 1. The smallest absolute Gasteiger partial charge is 0.0780 e. The van der Waals surface area contributed by atoms with Crippen LogP contribution >= 0.6 is 34.3 Å². The molecule has 0 aliphatic heterocycles. The van der Waals surface area contributed by atoms with Gasteiger partial charge in [-0.25, -0.2) is 0 Å². The van der Waals surface area contributed by atoms with E-state index in [0.29, 0.717) is 0 Å². The zero-order valence-electron chi connectivity index (χ0n) is 11.2. The highest BCUT2D eigenvalue weighted by Gasteiger charge is 2.19. The third-order valence-electron chi connectivity index (χ3n) is 3.23. The lowest BCUT2D eigenvalue weighted by molar-refractivity contribution is 0.613. The van der Waals surface area contributed by atoms with Crippen molar-refractivity contribution in [3.63, 3.8) is 0 Å². The first-order chi connectivity index (χ1) is 9.79. The van der Waals surface area contributed by atoms with Gasteiger partial charge < -0.3 is 5.32 Å². The van der Waals surface area contributed by atoms with Crippen molar-refractivity contribution in [3.8, 4) is 0 Å². The molecular weight excluding hydrogens is 306 g/mol. The second-order valence-electron chi connectivity index (χ2n) is 4.71. The maximum Gasteiger partial charge on any atom is 0.0780 e. The molecule has 1 nitrogen and oxygen atoms in total. The minimum absolute atomic E-state index is 0.208. The van der Waals surface area contributed by atoms with Crippen LogP contribution in [0.3, 0.4) is 0 Å². The van der Waals surface area contributed by atoms with Crippen LogP contribution < -0.4 is 5.32 Å². The lowest BCUT2D eigenvalue weighted by Crippen LogP contribution is -2.21. The Morgan fingerprint density at radius 1 is 1.25 bits per heavy atom. The summed E-state index contributed by atoms with van der Waals surface area (Å²) >= 11 is 9.91. The molecule has 0 bridgehead atoms. The molecule has 0 radical (unpaired) electrons. The van der Waals surface area contributed by atoms with Crippen molar-refractivity contribution < 1.29 is 0 Å². The maximum atomic E-state index is 6.34. The summed E-state index contributed by atoms with van der Waals surface area (Å²) in [6, 6.07) is 13.0. The Morgan fingerprint density at radius 3 is 2.80 bits per heavy atom. The maximum absolute atomic E-state index is 6.34. The van der Waals surface area contributed by atoms with Crippen molar-refractivity contribution in [1.29, 1.82) is 0 Å². The van der Waals surface area contributed by atoms with E-state index in [2.05, 4.69) is 48.0 Å². The number of benzene rings is 1.